The van der Waals surface area contributed by atoms with Crippen LogP contribution in [0.2, 0.25) is 0 Å². The SMILES string of the molecule is COc1ccc(-c2ccc3nnc(-c4cccc(OC)c4OC)n3c2)cc1. The quantitative estimate of drug-likeness (QED) is 0.536. The van der Waals surface area contributed by atoms with E-state index in [0.717, 1.165) is 28.1 Å². The van der Waals surface area contributed by atoms with Crippen LogP contribution in [0.25, 0.3) is 28.2 Å². The second-order valence-electron chi connectivity index (χ2n) is 5.94. The van der Waals surface area contributed by atoms with Crippen LogP contribution in [-0.4, -0.2) is 35.9 Å². The van der Waals surface area contributed by atoms with Crippen molar-refractivity contribution in [2.75, 3.05) is 21.3 Å². The molecule has 27 heavy (non-hydrogen) atoms. The zero-order chi connectivity index (χ0) is 18.8. The first-order valence-electron chi connectivity index (χ1n) is 8.45. The van der Waals surface area contributed by atoms with Gasteiger partial charge in [0.1, 0.15) is 5.75 Å². The molecule has 0 amide bonds. The first-order chi connectivity index (χ1) is 13.2. The monoisotopic (exact) mass is 361 g/mol. The Kier molecular flexibility index (Phi) is 4.38. The Bertz CT molecular complexity index is 1090. The summed E-state index contributed by atoms with van der Waals surface area (Å²) >= 11 is 0. The number of methoxy groups -OCH3 is 3. The van der Waals surface area contributed by atoms with Gasteiger partial charge >= 0.3 is 0 Å². The van der Waals surface area contributed by atoms with Crippen molar-refractivity contribution < 1.29 is 14.2 Å². The van der Waals surface area contributed by atoms with Crippen molar-refractivity contribution in [3.63, 3.8) is 0 Å². The molecule has 0 saturated heterocycles. The molecule has 0 spiro atoms. The molecule has 0 unspecified atom stereocenters. The molecule has 0 aliphatic carbocycles. The summed E-state index contributed by atoms with van der Waals surface area (Å²) < 4.78 is 18.2. The number of aromatic nitrogens is 3. The lowest BCUT2D eigenvalue weighted by Gasteiger charge is -2.12. The molecule has 0 saturated carbocycles. The Balaban J connectivity index is 1.86. The van der Waals surface area contributed by atoms with Gasteiger partial charge in [-0.05, 0) is 47.5 Å². The first-order valence-corrected chi connectivity index (χ1v) is 8.45. The molecule has 4 aromatic rings. The fourth-order valence-electron chi connectivity index (χ4n) is 3.09. The van der Waals surface area contributed by atoms with Gasteiger partial charge in [-0.3, -0.25) is 4.40 Å². The number of ether oxygens (including phenoxy) is 3. The van der Waals surface area contributed by atoms with Gasteiger partial charge in [0, 0.05) is 6.20 Å². The summed E-state index contributed by atoms with van der Waals surface area (Å²) in [6.07, 6.45) is 2.02. The highest BCUT2D eigenvalue weighted by Gasteiger charge is 2.17. The third-order valence-corrected chi connectivity index (χ3v) is 4.47. The van der Waals surface area contributed by atoms with Gasteiger partial charge in [-0.1, -0.05) is 18.2 Å². The van der Waals surface area contributed by atoms with Crippen LogP contribution in [-0.2, 0) is 0 Å². The zero-order valence-electron chi connectivity index (χ0n) is 15.3. The number of para-hydroxylation sites is 1. The van der Waals surface area contributed by atoms with Crippen LogP contribution in [0.15, 0.2) is 60.8 Å². The molecule has 2 heterocycles. The highest BCUT2D eigenvalue weighted by atomic mass is 16.5. The lowest BCUT2D eigenvalue weighted by Crippen LogP contribution is -1.96. The van der Waals surface area contributed by atoms with E-state index >= 15 is 0 Å². The minimum atomic E-state index is 0.629. The maximum Gasteiger partial charge on any atom is 0.172 e. The van der Waals surface area contributed by atoms with Crippen LogP contribution in [0.4, 0.5) is 0 Å². The zero-order valence-corrected chi connectivity index (χ0v) is 15.3. The molecule has 0 atom stereocenters. The van der Waals surface area contributed by atoms with Crippen molar-refractivity contribution in [3.8, 4) is 39.8 Å². The Morgan fingerprint density at radius 2 is 1.52 bits per heavy atom. The third kappa shape index (κ3) is 2.95. The Morgan fingerprint density at radius 3 is 2.22 bits per heavy atom. The van der Waals surface area contributed by atoms with Crippen LogP contribution in [0.1, 0.15) is 0 Å². The standard InChI is InChI=1S/C21H19N3O3/c1-25-16-10-7-14(8-11-16)15-9-12-19-22-23-21(24(19)13-15)17-5-4-6-18(26-2)20(17)27-3/h4-13H,1-3H3. The van der Waals surface area contributed by atoms with Crippen molar-refractivity contribution in [1.82, 2.24) is 14.6 Å². The molecule has 0 aliphatic heterocycles. The molecule has 4 rings (SSSR count). The number of hydrogen-bond donors (Lipinski definition) is 0. The molecular formula is C21H19N3O3. The van der Waals surface area contributed by atoms with E-state index < -0.39 is 0 Å². The summed E-state index contributed by atoms with van der Waals surface area (Å²) in [6, 6.07) is 17.6. The van der Waals surface area contributed by atoms with Crippen molar-refractivity contribution in [3.05, 3.63) is 60.8 Å². The van der Waals surface area contributed by atoms with Crippen LogP contribution in [0.5, 0.6) is 17.2 Å². The molecule has 2 aromatic carbocycles. The predicted molar refractivity (Wildman–Crippen MR) is 104 cm³/mol. The van der Waals surface area contributed by atoms with Gasteiger partial charge in [0.25, 0.3) is 0 Å². The van der Waals surface area contributed by atoms with Crippen LogP contribution < -0.4 is 14.2 Å². The van der Waals surface area contributed by atoms with E-state index in [1.54, 1.807) is 21.3 Å². The van der Waals surface area contributed by atoms with Crippen molar-refractivity contribution >= 4 is 5.65 Å². The molecule has 6 nitrogen and oxygen atoms in total. The van der Waals surface area contributed by atoms with Crippen LogP contribution in [0.3, 0.4) is 0 Å². The highest BCUT2D eigenvalue weighted by Crippen LogP contribution is 2.37. The predicted octanol–water partition coefficient (Wildman–Crippen LogP) is 4.09. The summed E-state index contributed by atoms with van der Waals surface area (Å²) in [6.45, 7) is 0. The summed E-state index contributed by atoms with van der Waals surface area (Å²) in [5, 5.41) is 8.65. The van der Waals surface area contributed by atoms with Gasteiger partial charge < -0.3 is 14.2 Å². The fourth-order valence-corrected chi connectivity index (χ4v) is 3.09. The van der Waals surface area contributed by atoms with E-state index in [2.05, 4.69) is 10.2 Å². The molecule has 0 N–H and O–H groups in total. The van der Waals surface area contributed by atoms with E-state index in [1.165, 1.54) is 0 Å². The van der Waals surface area contributed by atoms with E-state index in [-0.39, 0.29) is 0 Å². The van der Waals surface area contributed by atoms with Gasteiger partial charge in [-0.2, -0.15) is 0 Å². The third-order valence-electron chi connectivity index (χ3n) is 4.47. The molecule has 0 radical (unpaired) electrons. The largest absolute Gasteiger partial charge is 0.497 e. The number of pyridine rings is 1. The van der Waals surface area contributed by atoms with Gasteiger partial charge in [0.05, 0.1) is 26.9 Å². The molecule has 0 aliphatic rings. The Hall–Kier alpha value is -3.54. The maximum atomic E-state index is 5.56. The molecule has 2 aromatic heterocycles. The van der Waals surface area contributed by atoms with Crippen molar-refractivity contribution in [2.45, 2.75) is 0 Å². The highest BCUT2D eigenvalue weighted by molar-refractivity contribution is 5.72. The van der Waals surface area contributed by atoms with Crippen LogP contribution >= 0.6 is 0 Å². The lowest BCUT2D eigenvalue weighted by atomic mass is 10.1. The molecule has 6 heteroatoms. The first kappa shape index (κ1) is 16.9. The fraction of sp³-hybridized carbons (Fsp3) is 0.143. The summed E-state index contributed by atoms with van der Waals surface area (Å²) in [5.74, 6) is 2.80. The van der Waals surface area contributed by atoms with E-state index in [0.29, 0.717) is 17.3 Å². The molecular weight excluding hydrogens is 342 g/mol. The lowest BCUT2D eigenvalue weighted by molar-refractivity contribution is 0.356. The molecule has 0 bridgehead atoms. The Labute approximate surface area is 157 Å². The number of benzene rings is 2. The van der Waals surface area contributed by atoms with Gasteiger partial charge in [0.15, 0.2) is 23.0 Å². The summed E-state index contributed by atoms with van der Waals surface area (Å²) in [5.41, 5.74) is 3.70. The minimum absolute atomic E-state index is 0.629. The van der Waals surface area contributed by atoms with Crippen molar-refractivity contribution in [1.29, 1.82) is 0 Å². The van der Waals surface area contributed by atoms with Crippen molar-refractivity contribution in [2.24, 2.45) is 0 Å². The minimum Gasteiger partial charge on any atom is -0.497 e. The maximum absolute atomic E-state index is 5.56. The van der Waals surface area contributed by atoms with E-state index in [9.17, 15) is 0 Å². The van der Waals surface area contributed by atoms with Gasteiger partial charge in [0.2, 0.25) is 0 Å². The average molecular weight is 361 g/mol. The summed E-state index contributed by atoms with van der Waals surface area (Å²) in [4.78, 5) is 0. The Morgan fingerprint density at radius 1 is 0.741 bits per heavy atom. The molecule has 0 fully saturated rings. The van der Waals surface area contributed by atoms with E-state index in [1.807, 2.05) is 65.2 Å². The van der Waals surface area contributed by atoms with Gasteiger partial charge in [-0.15, -0.1) is 10.2 Å². The van der Waals surface area contributed by atoms with Crippen LogP contribution in [0, 0.1) is 0 Å². The smallest absolute Gasteiger partial charge is 0.172 e. The second kappa shape index (κ2) is 6.99. The number of hydrogen-bond acceptors (Lipinski definition) is 5. The summed E-state index contributed by atoms with van der Waals surface area (Å²) in [7, 11) is 4.89. The van der Waals surface area contributed by atoms with E-state index in [4.69, 9.17) is 14.2 Å². The number of nitrogens with zero attached hydrogens (tertiary/aromatic N) is 3. The van der Waals surface area contributed by atoms with Gasteiger partial charge in [-0.25, -0.2) is 0 Å². The number of rotatable bonds is 5. The normalized spacial score (nSPS) is 10.8. The molecule has 136 valence electrons. The average Bonchev–Trinajstić information content (AvgIpc) is 3.16. The number of fused-ring (bicyclic) bond motifs is 1. The topological polar surface area (TPSA) is 57.9 Å². The second-order valence-corrected chi connectivity index (χ2v) is 5.94.